The standard InChI is InChI=1S/C26H31N3O2/c1-17-11-10-12-18(2)25(17)27-24(30)16-28(6)26(31)23-15-19(3)29(21(23)5)20(4)22-13-8-7-9-14-22/h7-15,20H,16H2,1-6H3,(H,27,30)/t20-/m0/s1. The van der Waals surface area contributed by atoms with Crippen LogP contribution in [0.2, 0.25) is 0 Å². The molecule has 1 aromatic heterocycles. The van der Waals surface area contributed by atoms with Gasteiger partial charge in [-0.2, -0.15) is 0 Å². The Balaban J connectivity index is 1.76. The molecule has 3 rings (SSSR count). The average Bonchev–Trinajstić information content (AvgIpc) is 3.04. The highest BCUT2D eigenvalue weighted by molar-refractivity contribution is 6.00. The number of nitrogens with zero attached hydrogens (tertiary/aromatic N) is 2. The maximum atomic E-state index is 13.1. The average molecular weight is 418 g/mol. The van der Waals surface area contributed by atoms with Crippen LogP contribution in [0, 0.1) is 27.7 Å². The van der Waals surface area contributed by atoms with E-state index in [4.69, 9.17) is 0 Å². The Labute approximate surface area is 184 Å². The van der Waals surface area contributed by atoms with Gasteiger partial charge in [-0.25, -0.2) is 0 Å². The highest BCUT2D eigenvalue weighted by atomic mass is 16.2. The third kappa shape index (κ3) is 4.71. The first kappa shape index (κ1) is 22.3. The minimum atomic E-state index is -0.209. The van der Waals surface area contributed by atoms with Crippen molar-refractivity contribution in [2.24, 2.45) is 0 Å². The van der Waals surface area contributed by atoms with Gasteiger partial charge in [-0.1, -0.05) is 48.5 Å². The van der Waals surface area contributed by atoms with E-state index in [1.165, 1.54) is 10.5 Å². The molecule has 0 saturated carbocycles. The Morgan fingerprint density at radius 3 is 2.19 bits per heavy atom. The van der Waals surface area contributed by atoms with Crippen LogP contribution in [0.4, 0.5) is 5.69 Å². The molecule has 0 radical (unpaired) electrons. The molecule has 5 heteroatoms. The summed E-state index contributed by atoms with van der Waals surface area (Å²) >= 11 is 0. The highest BCUT2D eigenvalue weighted by Gasteiger charge is 2.23. The summed E-state index contributed by atoms with van der Waals surface area (Å²) in [6.45, 7) is 10.0. The van der Waals surface area contributed by atoms with Gasteiger partial charge in [0.15, 0.2) is 0 Å². The fourth-order valence-electron chi connectivity index (χ4n) is 4.15. The SMILES string of the molecule is Cc1cccc(C)c1NC(=O)CN(C)C(=O)c1cc(C)n([C@@H](C)c2ccccc2)c1C. The molecule has 0 aliphatic rings. The van der Waals surface area contributed by atoms with E-state index in [1.54, 1.807) is 7.05 Å². The third-order valence-electron chi connectivity index (χ3n) is 5.86. The van der Waals surface area contributed by atoms with Crippen LogP contribution in [0.5, 0.6) is 0 Å². The van der Waals surface area contributed by atoms with Crippen LogP contribution >= 0.6 is 0 Å². The molecule has 0 unspecified atom stereocenters. The maximum Gasteiger partial charge on any atom is 0.255 e. The predicted molar refractivity (Wildman–Crippen MR) is 126 cm³/mol. The number of aryl methyl sites for hydroxylation is 3. The lowest BCUT2D eigenvalue weighted by atomic mass is 10.1. The van der Waals surface area contributed by atoms with Gasteiger partial charge < -0.3 is 14.8 Å². The van der Waals surface area contributed by atoms with Gasteiger partial charge in [-0.15, -0.1) is 0 Å². The van der Waals surface area contributed by atoms with Crippen LogP contribution in [-0.2, 0) is 4.79 Å². The lowest BCUT2D eigenvalue weighted by molar-refractivity contribution is -0.116. The minimum Gasteiger partial charge on any atom is -0.341 e. The number of para-hydroxylation sites is 1. The number of anilines is 1. The van der Waals surface area contributed by atoms with Crippen molar-refractivity contribution in [1.29, 1.82) is 0 Å². The smallest absolute Gasteiger partial charge is 0.255 e. The number of rotatable bonds is 6. The Kier molecular flexibility index (Phi) is 6.64. The van der Waals surface area contributed by atoms with Crippen molar-refractivity contribution < 1.29 is 9.59 Å². The highest BCUT2D eigenvalue weighted by Crippen LogP contribution is 2.26. The number of benzene rings is 2. The van der Waals surface area contributed by atoms with Gasteiger partial charge in [-0.3, -0.25) is 9.59 Å². The zero-order chi connectivity index (χ0) is 22.7. The van der Waals surface area contributed by atoms with Gasteiger partial charge in [0.05, 0.1) is 18.2 Å². The number of aromatic nitrogens is 1. The van der Waals surface area contributed by atoms with E-state index in [9.17, 15) is 9.59 Å². The molecule has 1 heterocycles. The molecule has 1 N–H and O–H groups in total. The van der Waals surface area contributed by atoms with Crippen molar-refractivity contribution in [3.05, 3.63) is 88.2 Å². The minimum absolute atomic E-state index is 0.00941. The van der Waals surface area contributed by atoms with Crippen molar-refractivity contribution in [2.45, 2.75) is 40.7 Å². The summed E-state index contributed by atoms with van der Waals surface area (Å²) in [6, 6.07) is 18.1. The van der Waals surface area contributed by atoms with Gasteiger partial charge in [0.25, 0.3) is 5.91 Å². The van der Waals surface area contributed by atoms with Gasteiger partial charge in [-0.05, 0) is 57.4 Å². The van der Waals surface area contributed by atoms with Crippen LogP contribution < -0.4 is 5.32 Å². The quantitative estimate of drug-likeness (QED) is 0.611. The molecule has 0 saturated heterocycles. The van der Waals surface area contributed by atoms with Gasteiger partial charge in [0.2, 0.25) is 5.91 Å². The number of nitrogens with one attached hydrogen (secondary N) is 1. The fourth-order valence-corrected chi connectivity index (χ4v) is 4.15. The first-order valence-corrected chi connectivity index (χ1v) is 10.6. The molecule has 2 aromatic carbocycles. The number of amides is 2. The normalized spacial score (nSPS) is 11.8. The summed E-state index contributed by atoms with van der Waals surface area (Å²) in [5.41, 5.74) is 6.54. The Hall–Kier alpha value is -3.34. The van der Waals surface area contributed by atoms with E-state index in [0.29, 0.717) is 5.56 Å². The molecule has 31 heavy (non-hydrogen) atoms. The zero-order valence-corrected chi connectivity index (χ0v) is 19.2. The molecule has 5 nitrogen and oxygen atoms in total. The number of carbonyl (C=O) groups is 2. The molecule has 162 valence electrons. The lowest BCUT2D eigenvalue weighted by Crippen LogP contribution is -2.35. The third-order valence-corrected chi connectivity index (χ3v) is 5.86. The van der Waals surface area contributed by atoms with Gasteiger partial charge in [0.1, 0.15) is 0 Å². The number of hydrogen-bond acceptors (Lipinski definition) is 2. The van der Waals surface area contributed by atoms with Crippen LogP contribution in [0.3, 0.4) is 0 Å². The van der Waals surface area contributed by atoms with Gasteiger partial charge in [0, 0.05) is 24.1 Å². The van der Waals surface area contributed by atoms with Crippen molar-refractivity contribution in [3.8, 4) is 0 Å². The summed E-state index contributed by atoms with van der Waals surface area (Å²) in [6.07, 6.45) is 0. The zero-order valence-electron chi connectivity index (χ0n) is 19.2. The number of hydrogen-bond donors (Lipinski definition) is 1. The van der Waals surface area contributed by atoms with Crippen LogP contribution in [0.25, 0.3) is 0 Å². The van der Waals surface area contributed by atoms with Crippen LogP contribution in [0.15, 0.2) is 54.6 Å². The first-order chi connectivity index (χ1) is 14.7. The molecule has 1 atom stereocenters. The molecule has 0 bridgehead atoms. The van der Waals surface area contributed by atoms with E-state index < -0.39 is 0 Å². The van der Waals surface area contributed by atoms with E-state index in [1.807, 2.05) is 70.2 Å². The van der Waals surface area contributed by atoms with E-state index >= 15 is 0 Å². The Morgan fingerprint density at radius 2 is 1.58 bits per heavy atom. The molecule has 0 fully saturated rings. The van der Waals surface area contributed by atoms with Crippen molar-refractivity contribution in [3.63, 3.8) is 0 Å². The van der Waals surface area contributed by atoms with E-state index in [0.717, 1.165) is 28.2 Å². The second-order valence-corrected chi connectivity index (χ2v) is 8.22. The first-order valence-electron chi connectivity index (χ1n) is 10.6. The summed E-state index contributed by atoms with van der Waals surface area (Å²) in [5.74, 6) is -0.365. The molecule has 2 amide bonds. The summed E-state index contributed by atoms with van der Waals surface area (Å²) in [5, 5.41) is 2.95. The summed E-state index contributed by atoms with van der Waals surface area (Å²) in [7, 11) is 1.67. The Morgan fingerprint density at radius 1 is 0.968 bits per heavy atom. The van der Waals surface area contributed by atoms with Gasteiger partial charge >= 0.3 is 0 Å². The maximum absolute atomic E-state index is 13.1. The van der Waals surface area contributed by atoms with Crippen molar-refractivity contribution in [1.82, 2.24) is 9.47 Å². The predicted octanol–water partition coefficient (Wildman–Crippen LogP) is 5.04. The van der Waals surface area contributed by atoms with Crippen molar-refractivity contribution in [2.75, 3.05) is 18.9 Å². The molecule has 0 aliphatic carbocycles. The topological polar surface area (TPSA) is 54.3 Å². The fraction of sp³-hybridized carbons (Fsp3) is 0.308. The summed E-state index contributed by atoms with van der Waals surface area (Å²) in [4.78, 5) is 27.2. The second-order valence-electron chi connectivity index (χ2n) is 8.22. The molecular formula is C26H31N3O2. The van der Waals surface area contributed by atoms with E-state index in [-0.39, 0.29) is 24.4 Å². The molecule has 0 spiro atoms. The lowest BCUT2D eigenvalue weighted by Gasteiger charge is -2.20. The molecule has 3 aromatic rings. The summed E-state index contributed by atoms with van der Waals surface area (Å²) < 4.78 is 2.17. The largest absolute Gasteiger partial charge is 0.341 e. The molecule has 0 aliphatic heterocycles. The number of likely N-dealkylation sites (N-methyl/N-ethyl adjacent to an activating group) is 1. The van der Waals surface area contributed by atoms with Crippen LogP contribution in [-0.4, -0.2) is 34.9 Å². The van der Waals surface area contributed by atoms with Crippen LogP contribution in [0.1, 0.15) is 51.4 Å². The number of carbonyl (C=O) groups excluding carboxylic acids is 2. The molecular weight excluding hydrogens is 386 g/mol. The van der Waals surface area contributed by atoms with Crippen molar-refractivity contribution >= 4 is 17.5 Å². The van der Waals surface area contributed by atoms with E-state index in [2.05, 4.69) is 28.9 Å². The monoisotopic (exact) mass is 417 g/mol. The Bertz CT molecular complexity index is 1080. The second kappa shape index (κ2) is 9.21.